The molecule has 0 radical (unpaired) electrons. The van der Waals surface area contributed by atoms with Gasteiger partial charge in [0.25, 0.3) is 0 Å². The largest absolute Gasteiger partial charge is 0.486 e. The van der Waals surface area contributed by atoms with E-state index in [1.165, 1.54) is 12.1 Å². The van der Waals surface area contributed by atoms with Gasteiger partial charge in [0.05, 0.1) is 15.7 Å². The Labute approximate surface area is 150 Å². The van der Waals surface area contributed by atoms with Crippen LogP contribution in [-0.2, 0) is 14.6 Å². The lowest BCUT2D eigenvalue weighted by Crippen LogP contribution is -2.18. The van der Waals surface area contributed by atoms with Crippen molar-refractivity contribution in [2.24, 2.45) is 0 Å². The average Bonchev–Trinajstić information content (AvgIpc) is 2.60. The number of anilines is 1. The molecule has 0 saturated carbocycles. The Morgan fingerprint density at radius 1 is 1.08 bits per heavy atom. The molecule has 0 saturated heterocycles. The molecule has 0 aromatic heterocycles. The molecule has 1 aliphatic rings. The second kappa shape index (κ2) is 7.33. The summed E-state index contributed by atoms with van der Waals surface area (Å²) in [6.45, 7) is 0.930. The Balaban J connectivity index is 1.62. The number of hydrogen-bond acceptors (Lipinski definition) is 5. The molecule has 0 spiro atoms. The molecule has 0 fully saturated rings. The first-order chi connectivity index (χ1) is 12.0. The molecule has 132 valence electrons. The van der Waals surface area contributed by atoms with Gasteiger partial charge >= 0.3 is 0 Å². The van der Waals surface area contributed by atoms with Gasteiger partial charge in [0.1, 0.15) is 13.2 Å². The second-order valence-corrected chi connectivity index (χ2v) is 7.89. The van der Waals surface area contributed by atoms with Crippen molar-refractivity contribution in [2.75, 3.05) is 24.3 Å². The molecule has 0 bridgehead atoms. The molecule has 1 N–H and O–H groups in total. The van der Waals surface area contributed by atoms with Crippen molar-refractivity contribution in [1.82, 2.24) is 0 Å². The van der Waals surface area contributed by atoms with E-state index < -0.39 is 15.7 Å². The van der Waals surface area contributed by atoms with E-state index >= 15 is 0 Å². The Hall–Kier alpha value is -2.25. The van der Waals surface area contributed by atoms with E-state index in [0.717, 1.165) is 0 Å². The highest BCUT2D eigenvalue weighted by molar-refractivity contribution is 7.91. The summed E-state index contributed by atoms with van der Waals surface area (Å²) in [6.07, 6.45) is -0.179. The zero-order chi connectivity index (χ0) is 17.9. The van der Waals surface area contributed by atoms with Crippen LogP contribution >= 0.6 is 11.6 Å². The van der Waals surface area contributed by atoms with Crippen molar-refractivity contribution in [2.45, 2.75) is 11.3 Å². The predicted molar refractivity (Wildman–Crippen MR) is 94.2 cm³/mol. The lowest BCUT2D eigenvalue weighted by atomic mass is 10.2. The summed E-state index contributed by atoms with van der Waals surface area (Å²) in [5.41, 5.74) is 0.518. The minimum Gasteiger partial charge on any atom is -0.486 e. The molecule has 2 aromatic carbocycles. The predicted octanol–water partition coefficient (Wildman–Crippen LogP) is 2.91. The molecule has 1 heterocycles. The van der Waals surface area contributed by atoms with Gasteiger partial charge < -0.3 is 14.8 Å². The summed E-state index contributed by atoms with van der Waals surface area (Å²) >= 11 is 5.92. The molecule has 25 heavy (non-hydrogen) atoms. The maximum absolute atomic E-state index is 12.3. The van der Waals surface area contributed by atoms with Gasteiger partial charge in [-0.15, -0.1) is 0 Å². The number of halogens is 1. The zero-order valence-electron chi connectivity index (χ0n) is 13.2. The summed E-state index contributed by atoms with van der Waals surface area (Å²) in [6, 6.07) is 11.2. The van der Waals surface area contributed by atoms with Crippen LogP contribution in [0.25, 0.3) is 0 Å². The highest BCUT2D eigenvalue weighted by Crippen LogP contribution is 2.32. The fraction of sp³-hybridized carbons (Fsp3) is 0.235. The fourth-order valence-electron chi connectivity index (χ4n) is 2.38. The number of amides is 1. The van der Waals surface area contributed by atoms with Gasteiger partial charge in [-0.25, -0.2) is 8.42 Å². The van der Waals surface area contributed by atoms with Crippen LogP contribution in [0.4, 0.5) is 5.69 Å². The minimum absolute atomic E-state index is 0.0313. The van der Waals surface area contributed by atoms with Crippen molar-refractivity contribution in [3.05, 3.63) is 47.5 Å². The van der Waals surface area contributed by atoms with Crippen LogP contribution in [0.15, 0.2) is 47.4 Å². The number of sulfone groups is 1. The smallest absolute Gasteiger partial charge is 0.225 e. The third-order valence-electron chi connectivity index (χ3n) is 3.60. The van der Waals surface area contributed by atoms with Crippen LogP contribution in [0, 0.1) is 0 Å². The SMILES string of the molecule is O=C(CCS(=O)(=O)c1ccccc1Cl)Nc1ccc2c(c1)OCCO2. The third kappa shape index (κ3) is 4.24. The van der Waals surface area contributed by atoms with Crippen LogP contribution < -0.4 is 14.8 Å². The van der Waals surface area contributed by atoms with Crippen LogP contribution in [-0.4, -0.2) is 33.3 Å². The van der Waals surface area contributed by atoms with E-state index in [9.17, 15) is 13.2 Å². The van der Waals surface area contributed by atoms with Crippen molar-refractivity contribution in [3.63, 3.8) is 0 Å². The first kappa shape index (κ1) is 17.6. The Kier molecular flexibility index (Phi) is 5.15. The molecule has 6 nitrogen and oxygen atoms in total. The van der Waals surface area contributed by atoms with Gasteiger partial charge in [0, 0.05) is 18.2 Å². The summed E-state index contributed by atoms with van der Waals surface area (Å²) in [7, 11) is -3.63. The number of carbonyl (C=O) groups excluding carboxylic acids is 1. The van der Waals surface area contributed by atoms with Crippen molar-refractivity contribution in [1.29, 1.82) is 0 Å². The first-order valence-corrected chi connectivity index (χ1v) is 9.65. The van der Waals surface area contributed by atoms with Crippen LogP contribution in [0.5, 0.6) is 11.5 Å². The van der Waals surface area contributed by atoms with E-state index in [1.54, 1.807) is 30.3 Å². The zero-order valence-corrected chi connectivity index (χ0v) is 14.8. The number of fused-ring (bicyclic) bond motifs is 1. The molecule has 3 rings (SSSR count). The third-order valence-corrected chi connectivity index (χ3v) is 5.80. The van der Waals surface area contributed by atoms with Crippen LogP contribution in [0.1, 0.15) is 6.42 Å². The van der Waals surface area contributed by atoms with Crippen molar-refractivity contribution < 1.29 is 22.7 Å². The molecular weight excluding hydrogens is 366 g/mol. The van der Waals surface area contributed by atoms with Crippen LogP contribution in [0.3, 0.4) is 0 Å². The van der Waals surface area contributed by atoms with Crippen molar-refractivity contribution in [3.8, 4) is 11.5 Å². The summed E-state index contributed by atoms with van der Waals surface area (Å²) in [4.78, 5) is 12.1. The second-order valence-electron chi connectivity index (χ2n) is 5.41. The lowest BCUT2D eigenvalue weighted by molar-refractivity contribution is -0.115. The minimum atomic E-state index is -3.63. The van der Waals surface area contributed by atoms with Gasteiger partial charge in [0.15, 0.2) is 21.3 Å². The van der Waals surface area contributed by atoms with E-state index in [1.807, 2.05) is 0 Å². The molecule has 0 unspecified atom stereocenters. The van der Waals surface area contributed by atoms with E-state index in [0.29, 0.717) is 30.4 Å². The number of hydrogen-bond donors (Lipinski definition) is 1. The molecule has 2 aromatic rings. The molecule has 0 aliphatic carbocycles. The molecule has 1 aliphatic heterocycles. The summed E-state index contributed by atoms with van der Waals surface area (Å²) in [5.74, 6) is 0.429. The normalized spacial score (nSPS) is 13.3. The Bertz CT molecular complexity index is 898. The monoisotopic (exact) mass is 381 g/mol. The van der Waals surface area contributed by atoms with Crippen molar-refractivity contribution >= 4 is 33.0 Å². The highest BCUT2D eigenvalue weighted by Gasteiger charge is 2.19. The number of benzene rings is 2. The fourth-order valence-corrected chi connectivity index (χ4v) is 4.19. The maximum atomic E-state index is 12.3. The van der Waals surface area contributed by atoms with Gasteiger partial charge in [-0.05, 0) is 24.3 Å². The number of carbonyl (C=O) groups is 1. The molecular formula is C17H16ClNO5S. The molecule has 0 atom stereocenters. The maximum Gasteiger partial charge on any atom is 0.225 e. The Morgan fingerprint density at radius 3 is 2.56 bits per heavy atom. The standard InChI is InChI=1S/C17H16ClNO5S/c18-13-3-1-2-4-16(13)25(21,22)10-7-17(20)19-12-5-6-14-15(11-12)24-9-8-23-14/h1-6,11H,7-10H2,(H,19,20). The van der Waals surface area contributed by atoms with Gasteiger partial charge in [-0.2, -0.15) is 0 Å². The topological polar surface area (TPSA) is 81.7 Å². The Morgan fingerprint density at radius 2 is 1.80 bits per heavy atom. The van der Waals surface area contributed by atoms with Gasteiger partial charge in [0.2, 0.25) is 5.91 Å². The van der Waals surface area contributed by atoms with Crippen LogP contribution in [0.2, 0.25) is 5.02 Å². The number of ether oxygens (including phenoxy) is 2. The lowest BCUT2D eigenvalue weighted by Gasteiger charge is -2.19. The summed E-state index contributed by atoms with van der Waals surface area (Å²) in [5, 5.41) is 2.81. The van der Waals surface area contributed by atoms with Gasteiger partial charge in [-0.1, -0.05) is 23.7 Å². The number of rotatable bonds is 5. The first-order valence-electron chi connectivity index (χ1n) is 7.62. The van der Waals surface area contributed by atoms with Gasteiger partial charge in [-0.3, -0.25) is 4.79 Å². The average molecular weight is 382 g/mol. The highest BCUT2D eigenvalue weighted by atomic mass is 35.5. The van der Waals surface area contributed by atoms with E-state index in [4.69, 9.17) is 21.1 Å². The molecule has 8 heteroatoms. The van der Waals surface area contributed by atoms with E-state index in [2.05, 4.69) is 5.32 Å². The quantitative estimate of drug-likeness (QED) is 0.861. The molecule has 1 amide bonds. The number of nitrogens with one attached hydrogen (secondary N) is 1. The summed E-state index contributed by atoms with van der Waals surface area (Å²) < 4.78 is 35.5. The van der Waals surface area contributed by atoms with E-state index in [-0.39, 0.29) is 22.1 Å².